The maximum atomic E-state index is 13.6. The van der Waals surface area contributed by atoms with Gasteiger partial charge in [0.25, 0.3) is 5.91 Å². The van der Waals surface area contributed by atoms with Crippen molar-refractivity contribution in [3.63, 3.8) is 0 Å². The van der Waals surface area contributed by atoms with E-state index in [2.05, 4.69) is 10.4 Å². The first-order chi connectivity index (χ1) is 11.8. The molecule has 2 aromatic rings. The number of nitrogens with one attached hydrogen (secondary N) is 1. The van der Waals surface area contributed by atoms with Crippen LogP contribution in [0.15, 0.2) is 30.5 Å². The van der Waals surface area contributed by atoms with Gasteiger partial charge >= 0.3 is 6.18 Å². The number of hydrogen-bond donors (Lipinski definition) is 2. The highest BCUT2D eigenvalue weighted by molar-refractivity contribution is 5.95. The lowest BCUT2D eigenvalue weighted by molar-refractivity contribution is -0.143. The van der Waals surface area contributed by atoms with Gasteiger partial charge in [-0.05, 0) is 37.3 Å². The molecule has 1 unspecified atom stereocenters. The summed E-state index contributed by atoms with van der Waals surface area (Å²) in [6.07, 6.45) is -1.77. The Balaban J connectivity index is 1.92. The number of benzene rings is 1. The van der Waals surface area contributed by atoms with Crippen molar-refractivity contribution in [2.45, 2.75) is 32.0 Å². The van der Waals surface area contributed by atoms with Crippen molar-refractivity contribution in [3.05, 3.63) is 47.3 Å². The molecule has 0 aliphatic heterocycles. The molecule has 1 amide bonds. The second-order valence-corrected chi connectivity index (χ2v) is 6.31. The fourth-order valence-corrected chi connectivity index (χ4v) is 2.77. The first-order valence-corrected chi connectivity index (χ1v) is 8.04. The van der Waals surface area contributed by atoms with E-state index in [1.807, 2.05) is 0 Å². The van der Waals surface area contributed by atoms with Crippen molar-refractivity contribution in [2.24, 2.45) is 11.7 Å². The zero-order valence-corrected chi connectivity index (χ0v) is 13.7. The van der Waals surface area contributed by atoms with Gasteiger partial charge in [-0.3, -0.25) is 4.79 Å². The van der Waals surface area contributed by atoms with Crippen LogP contribution in [0.5, 0.6) is 0 Å². The lowest BCUT2D eigenvalue weighted by atomic mass is 10.1. The summed E-state index contributed by atoms with van der Waals surface area (Å²) in [5, 5.41) is 6.31. The number of nitrogens with two attached hydrogens (primary N) is 1. The van der Waals surface area contributed by atoms with Crippen LogP contribution in [0.2, 0.25) is 0 Å². The molecule has 3 N–H and O–H groups in total. The third kappa shape index (κ3) is 3.68. The van der Waals surface area contributed by atoms with Gasteiger partial charge in [-0.25, -0.2) is 4.68 Å². The molecule has 5 nitrogen and oxygen atoms in total. The summed E-state index contributed by atoms with van der Waals surface area (Å²) < 4.78 is 41.5. The molecule has 134 valence electrons. The summed E-state index contributed by atoms with van der Waals surface area (Å²) in [6, 6.07) is 6.33. The van der Waals surface area contributed by atoms with Crippen LogP contribution in [0.3, 0.4) is 0 Å². The topological polar surface area (TPSA) is 72.9 Å². The Morgan fingerprint density at radius 1 is 1.40 bits per heavy atom. The van der Waals surface area contributed by atoms with E-state index in [1.165, 1.54) is 6.07 Å². The number of carbonyl (C=O) groups excluding carboxylic acids is 1. The summed E-state index contributed by atoms with van der Waals surface area (Å²) in [5.74, 6) is -0.472. The number of carbonyl (C=O) groups is 1. The Morgan fingerprint density at radius 2 is 2.08 bits per heavy atom. The van der Waals surface area contributed by atoms with Crippen molar-refractivity contribution in [2.75, 3.05) is 6.54 Å². The maximum absolute atomic E-state index is 13.6. The van der Waals surface area contributed by atoms with Crippen molar-refractivity contribution in [3.8, 4) is 5.69 Å². The van der Waals surface area contributed by atoms with Gasteiger partial charge in [0, 0.05) is 12.6 Å². The lowest BCUT2D eigenvalue weighted by Crippen LogP contribution is -2.39. The van der Waals surface area contributed by atoms with Crippen LogP contribution in [-0.4, -0.2) is 28.3 Å². The van der Waals surface area contributed by atoms with E-state index in [0.29, 0.717) is 11.5 Å². The predicted molar refractivity (Wildman–Crippen MR) is 86.3 cm³/mol. The maximum Gasteiger partial charge on any atom is 0.434 e. The summed E-state index contributed by atoms with van der Waals surface area (Å²) >= 11 is 0. The molecule has 1 saturated carbocycles. The number of rotatable bonds is 5. The van der Waals surface area contributed by atoms with Crippen molar-refractivity contribution < 1.29 is 18.0 Å². The number of alkyl halides is 3. The van der Waals surface area contributed by atoms with Crippen LogP contribution < -0.4 is 11.1 Å². The average Bonchev–Trinajstić information content (AvgIpc) is 3.30. The normalized spacial score (nSPS) is 15.9. The van der Waals surface area contributed by atoms with Gasteiger partial charge in [0.1, 0.15) is 0 Å². The predicted octanol–water partition coefficient (Wildman–Crippen LogP) is 2.67. The zero-order chi connectivity index (χ0) is 18.2. The monoisotopic (exact) mass is 352 g/mol. The highest BCUT2D eigenvalue weighted by atomic mass is 19.4. The summed E-state index contributed by atoms with van der Waals surface area (Å²) in [4.78, 5) is 12.3. The van der Waals surface area contributed by atoms with E-state index in [9.17, 15) is 18.0 Å². The minimum Gasteiger partial charge on any atom is -0.350 e. The Labute approximate surface area is 143 Å². The van der Waals surface area contributed by atoms with E-state index in [0.717, 1.165) is 23.7 Å². The summed E-state index contributed by atoms with van der Waals surface area (Å²) in [5.41, 5.74) is 5.21. The highest BCUT2D eigenvalue weighted by Gasteiger charge is 2.41. The third-order valence-electron chi connectivity index (χ3n) is 4.35. The van der Waals surface area contributed by atoms with Gasteiger partial charge in [-0.1, -0.05) is 18.2 Å². The fraction of sp³-hybridized carbons (Fsp3) is 0.412. The van der Waals surface area contributed by atoms with E-state index < -0.39 is 23.3 Å². The second kappa shape index (κ2) is 6.51. The molecule has 1 aromatic carbocycles. The molecule has 1 fully saturated rings. The zero-order valence-electron chi connectivity index (χ0n) is 13.7. The highest BCUT2D eigenvalue weighted by Crippen LogP contribution is 2.34. The number of nitrogens with zero attached hydrogens (tertiary/aromatic N) is 2. The van der Waals surface area contributed by atoms with Crippen molar-refractivity contribution in [1.82, 2.24) is 15.1 Å². The molecule has 0 bridgehead atoms. The number of aryl methyl sites for hydroxylation is 1. The molecule has 25 heavy (non-hydrogen) atoms. The first-order valence-electron chi connectivity index (χ1n) is 8.04. The Kier molecular flexibility index (Phi) is 4.55. The molecular formula is C17H19F3N4O. The third-order valence-corrected chi connectivity index (χ3v) is 4.35. The first kappa shape index (κ1) is 17.5. The van der Waals surface area contributed by atoms with Crippen LogP contribution >= 0.6 is 0 Å². The minimum absolute atomic E-state index is 0.149. The Morgan fingerprint density at radius 3 is 2.68 bits per heavy atom. The molecule has 0 radical (unpaired) electrons. The van der Waals surface area contributed by atoms with Crippen LogP contribution in [0, 0.1) is 12.8 Å². The number of halogens is 3. The number of para-hydroxylation sites is 1. The van der Waals surface area contributed by atoms with E-state index in [1.54, 1.807) is 25.1 Å². The molecule has 1 aliphatic rings. The van der Waals surface area contributed by atoms with Crippen LogP contribution in [-0.2, 0) is 6.18 Å². The van der Waals surface area contributed by atoms with Gasteiger partial charge in [0.15, 0.2) is 5.69 Å². The SMILES string of the molecule is Cc1ccccc1-n1ncc(C(=O)NCC(N)C2CC2)c1C(F)(F)F. The number of amides is 1. The molecule has 1 aliphatic carbocycles. The standard InChI is InChI=1S/C17H19F3N4O/c1-10-4-2-3-5-14(10)24-15(17(18,19)20)12(8-23-24)16(25)22-9-13(21)11-6-7-11/h2-5,8,11,13H,6-7,9,21H2,1H3,(H,22,25). The average molecular weight is 352 g/mol. The van der Waals surface area contributed by atoms with Gasteiger partial charge in [-0.2, -0.15) is 18.3 Å². The van der Waals surface area contributed by atoms with Crippen LogP contribution in [0.1, 0.15) is 34.5 Å². The smallest absolute Gasteiger partial charge is 0.350 e. The quantitative estimate of drug-likeness (QED) is 0.869. The Hall–Kier alpha value is -2.35. The molecule has 1 heterocycles. The van der Waals surface area contributed by atoms with Gasteiger partial charge in [0.05, 0.1) is 17.4 Å². The minimum atomic E-state index is -4.72. The Bertz CT molecular complexity index is 780. The van der Waals surface area contributed by atoms with E-state index >= 15 is 0 Å². The van der Waals surface area contributed by atoms with E-state index in [-0.39, 0.29) is 18.3 Å². The molecule has 8 heteroatoms. The summed E-state index contributed by atoms with van der Waals surface area (Å²) in [6.45, 7) is 1.84. The number of hydrogen-bond acceptors (Lipinski definition) is 3. The lowest BCUT2D eigenvalue weighted by Gasteiger charge is -2.15. The van der Waals surface area contributed by atoms with Crippen molar-refractivity contribution in [1.29, 1.82) is 0 Å². The van der Waals surface area contributed by atoms with Crippen molar-refractivity contribution >= 4 is 5.91 Å². The summed E-state index contributed by atoms with van der Waals surface area (Å²) in [7, 11) is 0. The van der Waals surface area contributed by atoms with Gasteiger partial charge < -0.3 is 11.1 Å². The van der Waals surface area contributed by atoms with Gasteiger partial charge in [0.2, 0.25) is 0 Å². The second-order valence-electron chi connectivity index (χ2n) is 6.31. The van der Waals surface area contributed by atoms with Crippen LogP contribution in [0.4, 0.5) is 13.2 Å². The molecule has 1 aromatic heterocycles. The van der Waals surface area contributed by atoms with Gasteiger partial charge in [-0.15, -0.1) is 0 Å². The molecule has 1 atom stereocenters. The molecule has 0 spiro atoms. The molecule has 3 rings (SSSR count). The van der Waals surface area contributed by atoms with Crippen LogP contribution in [0.25, 0.3) is 5.69 Å². The number of aromatic nitrogens is 2. The van der Waals surface area contributed by atoms with E-state index in [4.69, 9.17) is 5.73 Å². The molecular weight excluding hydrogens is 333 g/mol. The largest absolute Gasteiger partial charge is 0.434 e. The fourth-order valence-electron chi connectivity index (χ4n) is 2.77. The molecule has 0 saturated heterocycles.